The number of carbonyl (C=O) groups excluding carboxylic acids is 3. The number of halogens is 1. The minimum absolute atomic E-state index is 0.0378. The lowest BCUT2D eigenvalue weighted by atomic mass is 10.3. The lowest BCUT2D eigenvalue weighted by Crippen LogP contribution is -2.54. The van der Waals surface area contributed by atoms with Crippen molar-refractivity contribution < 1.29 is 33.3 Å². The number of hydrogen-bond acceptors (Lipinski definition) is 8. The molecule has 2 aromatic carbocycles. The Labute approximate surface area is 202 Å². The Hall–Kier alpha value is -3.34. The summed E-state index contributed by atoms with van der Waals surface area (Å²) in [6, 6.07) is 13.8. The van der Waals surface area contributed by atoms with E-state index in [1.807, 2.05) is 0 Å². The van der Waals surface area contributed by atoms with E-state index in [1.165, 1.54) is 0 Å². The van der Waals surface area contributed by atoms with Crippen molar-refractivity contribution in [2.24, 2.45) is 0 Å². The highest BCUT2D eigenvalue weighted by Gasteiger charge is 2.30. The summed E-state index contributed by atoms with van der Waals surface area (Å²) in [5.41, 5.74) is 2.49. The zero-order chi connectivity index (χ0) is 24.3. The number of nitrogens with zero attached hydrogens (tertiary/aromatic N) is 2. The fourth-order valence-electron chi connectivity index (χ4n) is 2.99. The topological polar surface area (TPSA) is 107 Å². The summed E-state index contributed by atoms with van der Waals surface area (Å²) in [7, 11) is 0. The van der Waals surface area contributed by atoms with Gasteiger partial charge < -0.3 is 18.9 Å². The lowest BCUT2D eigenvalue weighted by Gasteiger charge is -2.27. The Kier molecular flexibility index (Phi) is 9.51. The van der Waals surface area contributed by atoms with Gasteiger partial charge in [0.25, 0.3) is 0 Å². The van der Waals surface area contributed by atoms with Crippen LogP contribution in [0.2, 0.25) is 5.02 Å². The molecule has 0 aromatic heterocycles. The van der Waals surface area contributed by atoms with E-state index >= 15 is 0 Å². The number of ether oxygens (including phenoxy) is 4. The molecule has 10 nitrogen and oxygen atoms in total. The standard InChI is InChI=1S/C23H26ClN3O7/c1-2-32-23(30)27(22(29)21(28)25-26-10-13-31-14-11-26)12-15-33-18-6-8-19(9-7-18)34-20-5-3-4-17(24)16-20/h3-9,16H,2,10-15H2,1H3,(H,25,28). The summed E-state index contributed by atoms with van der Waals surface area (Å²) in [6.45, 7) is 3.22. The van der Waals surface area contributed by atoms with Crippen LogP contribution >= 0.6 is 11.6 Å². The Bertz CT molecular complexity index is 981. The monoisotopic (exact) mass is 491 g/mol. The minimum Gasteiger partial charge on any atom is -0.492 e. The van der Waals surface area contributed by atoms with E-state index in [2.05, 4.69) is 5.43 Å². The van der Waals surface area contributed by atoms with E-state index in [4.69, 9.17) is 30.5 Å². The molecule has 0 unspecified atom stereocenters. The van der Waals surface area contributed by atoms with Gasteiger partial charge in [0.15, 0.2) is 0 Å². The Morgan fingerprint density at radius 1 is 1.06 bits per heavy atom. The van der Waals surface area contributed by atoms with Crippen LogP contribution < -0.4 is 14.9 Å². The third-order valence-corrected chi connectivity index (χ3v) is 4.87. The van der Waals surface area contributed by atoms with Crippen LogP contribution in [0.5, 0.6) is 17.2 Å². The first-order chi connectivity index (χ1) is 16.5. The number of hydrazine groups is 1. The van der Waals surface area contributed by atoms with Crippen molar-refractivity contribution in [3.05, 3.63) is 53.6 Å². The van der Waals surface area contributed by atoms with Gasteiger partial charge in [-0.15, -0.1) is 0 Å². The van der Waals surface area contributed by atoms with Gasteiger partial charge in [0, 0.05) is 18.1 Å². The van der Waals surface area contributed by atoms with Crippen LogP contribution in [0.25, 0.3) is 0 Å². The molecule has 11 heteroatoms. The molecule has 3 amide bonds. The molecule has 0 radical (unpaired) electrons. The van der Waals surface area contributed by atoms with Gasteiger partial charge in [0.05, 0.1) is 26.4 Å². The SMILES string of the molecule is CCOC(=O)N(CCOc1ccc(Oc2cccc(Cl)c2)cc1)C(=O)C(=O)NN1CCOCC1. The first-order valence-corrected chi connectivity index (χ1v) is 11.1. The molecule has 1 saturated heterocycles. The summed E-state index contributed by atoms with van der Waals surface area (Å²) in [4.78, 5) is 37.9. The predicted octanol–water partition coefficient (Wildman–Crippen LogP) is 2.86. The Morgan fingerprint density at radius 3 is 2.44 bits per heavy atom. The van der Waals surface area contributed by atoms with Gasteiger partial charge in [-0.2, -0.15) is 0 Å². The maximum atomic E-state index is 12.6. The van der Waals surface area contributed by atoms with Crippen molar-refractivity contribution in [1.29, 1.82) is 0 Å². The van der Waals surface area contributed by atoms with Gasteiger partial charge in [-0.25, -0.2) is 14.7 Å². The summed E-state index contributed by atoms with van der Waals surface area (Å²) < 4.78 is 21.5. The summed E-state index contributed by atoms with van der Waals surface area (Å²) in [5, 5.41) is 2.13. The fraction of sp³-hybridized carbons (Fsp3) is 0.348. The number of benzene rings is 2. The van der Waals surface area contributed by atoms with E-state index in [1.54, 1.807) is 60.5 Å². The Morgan fingerprint density at radius 2 is 1.76 bits per heavy atom. The molecule has 0 atom stereocenters. The van der Waals surface area contributed by atoms with Crippen molar-refractivity contribution >= 4 is 29.5 Å². The number of rotatable bonds is 8. The van der Waals surface area contributed by atoms with Gasteiger partial charge in [-0.05, 0) is 49.4 Å². The number of hydrogen-bond donors (Lipinski definition) is 1. The van der Waals surface area contributed by atoms with Crippen LogP contribution in [0.1, 0.15) is 6.92 Å². The maximum absolute atomic E-state index is 12.6. The van der Waals surface area contributed by atoms with Gasteiger partial charge >= 0.3 is 17.9 Å². The second kappa shape index (κ2) is 12.8. The number of carbonyl (C=O) groups is 3. The first-order valence-electron chi connectivity index (χ1n) is 10.7. The third-order valence-electron chi connectivity index (χ3n) is 4.64. The van der Waals surface area contributed by atoms with E-state index in [-0.39, 0.29) is 19.8 Å². The molecular formula is C23H26ClN3O7. The average molecular weight is 492 g/mol. The largest absolute Gasteiger partial charge is 0.492 e. The number of morpholine rings is 1. The summed E-state index contributed by atoms with van der Waals surface area (Å²) >= 11 is 5.96. The normalized spacial score (nSPS) is 13.6. The molecular weight excluding hydrogens is 466 g/mol. The number of nitrogens with one attached hydrogen (secondary N) is 1. The van der Waals surface area contributed by atoms with E-state index < -0.39 is 17.9 Å². The highest BCUT2D eigenvalue weighted by molar-refractivity contribution is 6.37. The van der Waals surface area contributed by atoms with Gasteiger partial charge in [-0.3, -0.25) is 15.0 Å². The van der Waals surface area contributed by atoms with Crippen molar-refractivity contribution in [1.82, 2.24) is 15.3 Å². The molecule has 1 heterocycles. The van der Waals surface area contributed by atoms with Crippen LogP contribution in [-0.2, 0) is 19.1 Å². The summed E-state index contributed by atoms with van der Waals surface area (Å²) in [5.74, 6) is -0.290. The molecule has 2 aromatic rings. The quantitative estimate of drug-likeness (QED) is 0.562. The predicted molar refractivity (Wildman–Crippen MR) is 123 cm³/mol. The van der Waals surface area contributed by atoms with Crippen molar-refractivity contribution in [3.63, 3.8) is 0 Å². The van der Waals surface area contributed by atoms with E-state index in [9.17, 15) is 14.4 Å². The van der Waals surface area contributed by atoms with E-state index in [0.717, 1.165) is 4.90 Å². The Balaban J connectivity index is 1.53. The third kappa shape index (κ3) is 7.62. The van der Waals surface area contributed by atoms with Crippen molar-refractivity contribution in [2.45, 2.75) is 6.92 Å². The van der Waals surface area contributed by atoms with Crippen LogP contribution in [0.15, 0.2) is 48.5 Å². The molecule has 0 bridgehead atoms. The second-order valence-corrected chi connectivity index (χ2v) is 7.51. The lowest BCUT2D eigenvalue weighted by molar-refractivity contribution is -0.148. The molecule has 0 saturated carbocycles. The molecule has 34 heavy (non-hydrogen) atoms. The molecule has 1 aliphatic heterocycles. The van der Waals surface area contributed by atoms with Gasteiger partial charge in [0.2, 0.25) is 0 Å². The van der Waals surface area contributed by atoms with Crippen molar-refractivity contribution in [3.8, 4) is 17.2 Å². The fourth-order valence-corrected chi connectivity index (χ4v) is 3.17. The van der Waals surface area contributed by atoms with Crippen LogP contribution in [0.4, 0.5) is 4.79 Å². The highest BCUT2D eigenvalue weighted by atomic mass is 35.5. The second-order valence-electron chi connectivity index (χ2n) is 7.08. The van der Waals surface area contributed by atoms with Gasteiger partial charge in [-0.1, -0.05) is 17.7 Å². The molecule has 1 fully saturated rings. The zero-order valence-corrected chi connectivity index (χ0v) is 19.5. The van der Waals surface area contributed by atoms with E-state index in [0.29, 0.717) is 48.6 Å². The number of amides is 3. The number of imide groups is 1. The molecule has 182 valence electrons. The molecule has 3 rings (SSSR count). The summed E-state index contributed by atoms with van der Waals surface area (Å²) in [6.07, 6.45) is -0.918. The van der Waals surface area contributed by atoms with Crippen molar-refractivity contribution in [2.75, 3.05) is 46.1 Å². The van der Waals surface area contributed by atoms with Crippen LogP contribution in [0, 0.1) is 0 Å². The van der Waals surface area contributed by atoms with Crippen LogP contribution in [0.3, 0.4) is 0 Å². The minimum atomic E-state index is -1.03. The molecule has 1 aliphatic rings. The smallest absolute Gasteiger partial charge is 0.417 e. The highest BCUT2D eigenvalue weighted by Crippen LogP contribution is 2.25. The molecule has 0 spiro atoms. The molecule has 1 N–H and O–H groups in total. The average Bonchev–Trinajstić information content (AvgIpc) is 2.83. The maximum Gasteiger partial charge on any atom is 0.417 e. The molecule has 0 aliphatic carbocycles. The van der Waals surface area contributed by atoms with Gasteiger partial charge in [0.1, 0.15) is 23.9 Å². The first kappa shape index (κ1) is 25.3. The zero-order valence-electron chi connectivity index (χ0n) is 18.7. The van der Waals surface area contributed by atoms with Crippen LogP contribution in [-0.4, -0.2) is 73.9 Å².